The molecular formula is C16H26BrNO2. The van der Waals surface area contributed by atoms with Gasteiger partial charge in [-0.25, -0.2) is 0 Å². The van der Waals surface area contributed by atoms with Gasteiger partial charge in [0, 0.05) is 13.2 Å². The number of hydrogen-bond donors (Lipinski definition) is 1. The Kier molecular flexibility index (Phi) is 8.19. The lowest BCUT2D eigenvalue weighted by molar-refractivity contribution is 0.146. The fourth-order valence-corrected chi connectivity index (χ4v) is 2.68. The molecule has 0 aliphatic carbocycles. The maximum absolute atomic E-state index is 5.67. The normalized spacial score (nSPS) is 14.1. The summed E-state index contributed by atoms with van der Waals surface area (Å²) in [4.78, 5) is 0. The van der Waals surface area contributed by atoms with Crippen molar-refractivity contribution in [3.63, 3.8) is 0 Å². The van der Waals surface area contributed by atoms with Crippen molar-refractivity contribution in [1.82, 2.24) is 5.32 Å². The molecular weight excluding hydrogens is 318 g/mol. The van der Waals surface area contributed by atoms with Crippen LogP contribution in [0.15, 0.2) is 22.7 Å². The minimum atomic E-state index is 0.384. The van der Waals surface area contributed by atoms with Crippen molar-refractivity contribution in [3.8, 4) is 5.75 Å². The second kappa shape index (κ2) is 9.37. The molecule has 1 aromatic rings. The van der Waals surface area contributed by atoms with Crippen LogP contribution >= 0.6 is 15.9 Å². The fourth-order valence-electron chi connectivity index (χ4n) is 2.17. The van der Waals surface area contributed by atoms with Gasteiger partial charge in [0.2, 0.25) is 0 Å². The first-order chi connectivity index (χ1) is 9.63. The van der Waals surface area contributed by atoms with Gasteiger partial charge >= 0.3 is 0 Å². The number of halogens is 1. The van der Waals surface area contributed by atoms with E-state index >= 15 is 0 Å². The van der Waals surface area contributed by atoms with Gasteiger partial charge in [-0.1, -0.05) is 33.3 Å². The first-order valence-electron chi connectivity index (χ1n) is 7.28. The molecule has 0 aromatic heterocycles. The van der Waals surface area contributed by atoms with E-state index in [1.165, 1.54) is 5.56 Å². The second-order valence-corrected chi connectivity index (χ2v) is 5.81. The molecule has 0 bridgehead atoms. The van der Waals surface area contributed by atoms with Crippen LogP contribution in [0.4, 0.5) is 0 Å². The van der Waals surface area contributed by atoms with E-state index in [2.05, 4.69) is 54.2 Å². The molecule has 0 spiro atoms. The molecule has 1 N–H and O–H groups in total. The molecule has 114 valence electrons. The zero-order chi connectivity index (χ0) is 15.0. The number of rotatable bonds is 9. The first kappa shape index (κ1) is 17.5. The molecule has 0 saturated heterocycles. The molecule has 20 heavy (non-hydrogen) atoms. The minimum absolute atomic E-state index is 0.384. The van der Waals surface area contributed by atoms with Crippen molar-refractivity contribution in [2.24, 2.45) is 5.92 Å². The summed E-state index contributed by atoms with van der Waals surface area (Å²) in [7, 11) is 1.68. The maximum Gasteiger partial charge on any atom is 0.133 e. The Morgan fingerprint density at radius 2 is 2.00 bits per heavy atom. The average Bonchev–Trinajstić information content (AvgIpc) is 2.46. The van der Waals surface area contributed by atoms with Crippen molar-refractivity contribution in [3.05, 3.63) is 28.2 Å². The summed E-state index contributed by atoms with van der Waals surface area (Å²) in [6.07, 6.45) is 1.15. The van der Waals surface area contributed by atoms with Crippen LogP contribution < -0.4 is 10.1 Å². The van der Waals surface area contributed by atoms with E-state index in [-0.39, 0.29) is 0 Å². The molecule has 2 unspecified atom stereocenters. The van der Waals surface area contributed by atoms with Gasteiger partial charge in [-0.05, 0) is 46.1 Å². The number of benzene rings is 1. The zero-order valence-corrected chi connectivity index (χ0v) is 14.5. The van der Waals surface area contributed by atoms with E-state index in [0.717, 1.165) is 23.2 Å². The van der Waals surface area contributed by atoms with Crippen molar-refractivity contribution in [2.75, 3.05) is 26.9 Å². The summed E-state index contributed by atoms with van der Waals surface area (Å²) >= 11 is 3.60. The van der Waals surface area contributed by atoms with E-state index < -0.39 is 0 Å². The third-order valence-electron chi connectivity index (χ3n) is 3.50. The molecule has 4 heteroatoms. The van der Waals surface area contributed by atoms with Gasteiger partial charge < -0.3 is 14.8 Å². The number of methoxy groups -OCH3 is 1. The largest absolute Gasteiger partial charge is 0.490 e. The highest BCUT2D eigenvalue weighted by Gasteiger charge is 2.17. The summed E-state index contributed by atoms with van der Waals surface area (Å²) in [6.45, 7) is 8.79. The summed E-state index contributed by atoms with van der Waals surface area (Å²) in [6, 6.07) is 6.71. The van der Waals surface area contributed by atoms with Crippen LogP contribution in [0.5, 0.6) is 5.75 Å². The Morgan fingerprint density at radius 1 is 1.25 bits per heavy atom. The Balaban J connectivity index is 2.82. The van der Waals surface area contributed by atoms with E-state index in [0.29, 0.717) is 25.2 Å². The molecule has 0 amide bonds. The molecule has 0 radical (unpaired) electrons. The van der Waals surface area contributed by atoms with Gasteiger partial charge in [0.05, 0.1) is 11.1 Å². The van der Waals surface area contributed by atoms with E-state index in [9.17, 15) is 0 Å². The summed E-state index contributed by atoms with van der Waals surface area (Å²) in [5, 5.41) is 3.57. The van der Waals surface area contributed by atoms with Crippen molar-refractivity contribution >= 4 is 15.9 Å². The van der Waals surface area contributed by atoms with Crippen molar-refractivity contribution < 1.29 is 9.47 Å². The number of hydrogen-bond acceptors (Lipinski definition) is 3. The molecule has 2 atom stereocenters. The number of nitrogens with one attached hydrogen (secondary N) is 1. The first-order valence-corrected chi connectivity index (χ1v) is 8.07. The van der Waals surface area contributed by atoms with Crippen LogP contribution in [0, 0.1) is 5.92 Å². The predicted molar refractivity (Wildman–Crippen MR) is 87.4 cm³/mol. The molecule has 1 rings (SSSR count). The lowest BCUT2D eigenvalue weighted by Crippen LogP contribution is -2.26. The smallest absolute Gasteiger partial charge is 0.133 e. The Morgan fingerprint density at radius 3 is 2.55 bits per heavy atom. The SMILES string of the molecule is CCNC(c1ccc(OCCOC)c(Br)c1)C(C)CC. The van der Waals surface area contributed by atoms with Gasteiger partial charge in [0.15, 0.2) is 0 Å². The van der Waals surface area contributed by atoms with E-state index in [1.807, 2.05) is 6.07 Å². The topological polar surface area (TPSA) is 30.5 Å². The predicted octanol–water partition coefficient (Wildman–Crippen LogP) is 4.17. The van der Waals surface area contributed by atoms with Gasteiger partial charge in [-0.2, -0.15) is 0 Å². The molecule has 0 heterocycles. The standard InChI is InChI=1S/C16H26BrNO2/c1-5-12(3)16(18-6-2)13-7-8-15(14(17)11-13)20-10-9-19-4/h7-8,11-12,16,18H,5-6,9-10H2,1-4H3. The average molecular weight is 344 g/mol. The van der Waals surface area contributed by atoms with Crippen LogP contribution in [0.1, 0.15) is 38.8 Å². The van der Waals surface area contributed by atoms with Crippen LogP contribution in [-0.2, 0) is 4.74 Å². The minimum Gasteiger partial charge on any atom is -0.490 e. The third kappa shape index (κ3) is 5.08. The van der Waals surface area contributed by atoms with Crippen LogP contribution in [0.25, 0.3) is 0 Å². The van der Waals surface area contributed by atoms with Crippen LogP contribution in [0.3, 0.4) is 0 Å². The molecule has 0 aliphatic rings. The molecule has 0 fully saturated rings. The lowest BCUT2D eigenvalue weighted by atomic mass is 9.92. The third-order valence-corrected chi connectivity index (χ3v) is 4.12. The molecule has 3 nitrogen and oxygen atoms in total. The highest BCUT2D eigenvalue weighted by atomic mass is 79.9. The summed E-state index contributed by atoms with van der Waals surface area (Å²) in [5.74, 6) is 1.47. The zero-order valence-electron chi connectivity index (χ0n) is 12.9. The van der Waals surface area contributed by atoms with Gasteiger partial charge in [0.1, 0.15) is 12.4 Å². The van der Waals surface area contributed by atoms with E-state index in [1.54, 1.807) is 7.11 Å². The lowest BCUT2D eigenvalue weighted by Gasteiger charge is -2.25. The Bertz CT molecular complexity index is 398. The fraction of sp³-hybridized carbons (Fsp3) is 0.625. The van der Waals surface area contributed by atoms with Crippen molar-refractivity contribution in [2.45, 2.75) is 33.2 Å². The van der Waals surface area contributed by atoms with Crippen LogP contribution in [0.2, 0.25) is 0 Å². The van der Waals surface area contributed by atoms with Gasteiger partial charge in [-0.15, -0.1) is 0 Å². The quantitative estimate of drug-likeness (QED) is 0.682. The molecule has 0 saturated carbocycles. The summed E-state index contributed by atoms with van der Waals surface area (Å²) in [5.41, 5.74) is 1.30. The van der Waals surface area contributed by atoms with E-state index in [4.69, 9.17) is 9.47 Å². The van der Waals surface area contributed by atoms with Gasteiger partial charge in [-0.3, -0.25) is 0 Å². The molecule has 1 aromatic carbocycles. The van der Waals surface area contributed by atoms with Crippen LogP contribution in [-0.4, -0.2) is 26.9 Å². The van der Waals surface area contributed by atoms with Gasteiger partial charge in [0.25, 0.3) is 0 Å². The van der Waals surface area contributed by atoms with Crippen molar-refractivity contribution in [1.29, 1.82) is 0 Å². The number of ether oxygens (including phenoxy) is 2. The summed E-state index contributed by atoms with van der Waals surface area (Å²) < 4.78 is 11.7. The highest BCUT2D eigenvalue weighted by molar-refractivity contribution is 9.10. The second-order valence-electron chi connectivity index (χ2n) is 4.95. The Labute approximate surface area is 131 Å². The Hall–Kier alpha value is -0.580. The monoisotopic (exact) mass is 343 g/mol. The maximum atomic E-state index is 5.67. The molecule has 0 aliphatic heterocycles. The highest BCUT2D eigenvalue weighted by Crippen LogP contribution is 2.31.